The number of ether oxygens (including phenoxy) is 3. The van der Waals surface area contributed by atoms with E-state index < -0.39 is 0 Å². The number of hydrogen-bond acceptors (Lipinski definition) is 5. The third-order valence-electron chi connectivity index (χ3n) is 4.85. The van der Waals surface area contributed by atoms with Gasteiger partial charge in [0.1, 0.15) is 6.10 Å². The zero-order chi connectivity index (χ0) is 19.4. The van der Waals surface area contributed by atoms with Crippen LogP contribution in [-0.4, -0.2) is 74.2 Å². The van der Waals surface area contributed by atoms with Gasteiger partial charge < -0.3 is 24.0 Å². The predicted molar refractivity (Wildman–Crippen MR) is 103 cm³/mol. The molecule has 0 bridgehead atoms. The van der Waals surface area contributed by atoms with Crippen LogP contribution in [0.3, 0.4) is 0 Å². The molecule has 2 aliphatic heterocycles. The molecule has 1 aromatic carbocycles. The van der Waals surface area contributed by atoms with Gasteiger partial charge in [-0.15, -0.1) is 0 Å². The first kappa shape index (κ1) is 19.9. The minimum Gasteiger partial charge on any atom is -0.493 e. The summed E-state index contributed by atoms with van der Waals surface area (Å²) in [5.41, 5.74) is 0.529. The van der Waals surface area contributed by atoms with E-state index in [0.29, 0.717) is 60.9 Å². The second kappa shape index (κ2) is 8.93. The van der Waals surface area contributed by atoms with Crippen LogP contribution >= 0.6 is 15.9 Å². The Labute approximate surface area is 167 Å². The summed E-state index contributed by atoms with van der Waals surface area (Å²) in [6.45, 7) is 5.11. The number of carbonyl (C=O) groups is 2. The van der Waals surface area contributed by atoms with Crippen LogP contribution in [0.2, 0.25) is 0 Å². The highest BCUT2D eigenvalue weighted by Gasteiger charge is 2.31. The zero-order valence-electron chi connectivity index (χ0n) is 15.7. The number of halogens is 1. The van der Waals surface area contributed by atoms with Gasteiger partial charge >= 0.3 is 0 Å². The van der Waals surface area contributed by atoms with Gasteiger partial charge in [0, 0.05) is 38.3 Å². The number of hydrogen-bond donors (Lipinski definition) is 0. The highest BCUT2D eigenvalue weighted by molar-refractivity contribution is 9.10. The van der Waals surface area contributed by atoms with Crippen LogP contribution in [-0.2, 0) is 9.53 Å². The van der Waals surface area contributed by atoms with Crippen molar-refractivity contribution in [2.75, 3.05) is 46.5 Å². The minimum absolute atomic E-state index is 0.0464. The molecule has 3 rings (SSSR count). The van der Waals surface area contributed by atoms with E-state index in [1.165, 1.54) is 0 Å². The standard InChI is InChI=1S/C19H25BrN2O5/c1-3-26-17-14(20)11-13(12-16(17)25-2)18(23)21-6-8-22(9-7-21)19(24)15-5-4-10-27-15/h11-12,15H,3-10H2,1-2H3. The summed E-state index contributed by atoms with van der Waals surface area (Å²) in [6.07, 6.45) is 1.42. The first-order valence-corrected chi connectivity index (χ1v) is 10.0. The van der Waals surface area contributed by atoms with Crippen molar-refractivity contribution in [2.45, 2.75) is 25.9 Å². The molecule has 1 unspecified atom stereocenters. The van der Waals surface area contributed by atoms with Crippen LogP contribution in [0.4, 0.5) is 0 Å². The molecule has 2 aliphatic rings. The molecule has 8 heteroatoms. The Balaban J connectivity index is 1.65. The molecule has 0 aliphatic carbocycles. The maximum atomic E-state index is 12.9. The van der Waals surface area contributed by atoms with E-state index in [4.69, 9.17) is 14.2 Å². The molecule has 1 atom stereocenters. The van der Waals surface area contributed by atoms with E-state index in [0.717, 1.165) is 12.8 Å². The van der Waals surface area contributed by atoms with Gasteiger partial charge in [0.05, 0.1) is 18.2 Å². The van der Waals surface area contributed by atoms with Gasteiger partial charge in [-0.1, -0.05) is 0 Å². The Kier molecular flexibility index (Phi) is 6.59. The first-order valence-electron chi connectivity index (χ1n) is 9.25. The topological polar surface area (TPSA) is 68.3 Å². The zero-order valence-corrected chi connectivity index (χ0v) is 17.3. The van der Waals surface area contributed by atoms with E-state index in [9.17, 15) is 9.59 Å². The molecule has 148 valence electrons. The SMILES string of the molecule is CCOc1c(Br)cc(C(=O)N2CCN(C(=O)C3CCCO3)CC2)cc1OC. The van der Waals surface area contributed by atoms with Crippen LogP contribution in [0.5, 0.6) is 11.5 Å². The van der Waals surface area contributed by atoms with Gasteiger partial charge in [-0.25, -0.2) is 0 Å². The molecule has 7 nitrogen and oxygen atoms in total. The van der Waals surface area contributed by atoms with Crippen molar-refractivity contribution in [3.8, 4) is 11.5 Å². The van der Waals surface area contributed by atoms with E-state index in [1.54, 1.807) is 29.0 Å². The summed E-state index contributed by atoms with van der Waals surface area (Å²) in [7, 11) is 1.55. The number of piperazine rings is 1. The summed E-state index contributed by atoms with van der Waals surface area (Å²) < 4.78 is 17.1. The highest BCUT2D eigenvalue weighted by atomic mass is 79.9. The lowest BCUT2D eigenvalue weighted by atomic mass is 10.1. The summed E-state index contributed by atoms with van der Waals surface area (Å²) in [6, 6.07) is 3.45. The highest BCUT2D eigenvalue weighted by Crippen LogP contribution is 2.37. The van der Waals surface area contributed by atoms with Crippen LogP contribution < -0.4 is 9.47 Å². The molecule has 0 N–H and O–H groups in total. The van der Waals surface area contributed by atoms with Crippen molar-refractivity contribution >= 4 is 27.7 Å². The fourth-order valence-corrected chi connectivity index (χ4v) is 3.97. The molecule has 2 fully saturated rings. The predicted octanol–water partition coefficient (Wildman–Crippen LogP) is 2.32. The summed E-state index contributed by atoms with van der Waals surface area (Å²) in [5.74, 6) is 1.07. The smallest absolute Gasteiger partial charge is 0.254 e. The Hall–Kier alpha value is -1.80. The summed E-state index contributed by atoms with van der Waals surface area (Å²) in [5, 5.41) is 0. The number of methoxy groups -OCH3 is 1. The number of carbonyl (C=O) groups excluding carboxylic acids is 2. The molecule has 27 heavy (non-hydrogen) atoms. The monoisotopic (exact) mass is 440 g/mol. The third kappa shape index (κ3) is 4.38. The Morgan fingerprint density at radius 1 is 1.22 bits per heavy atom. The first-order chi connectivity index (χ1) is 13.0. The van der Waals surface area contributed by atoms with E-state index >= 15 is 0 Å². The van der Waals surface area contributed by atoms with Crippen LogP contribution in [0, 0.1) is 0 Å². The van der Waals surface area contributed by atoms with Crippen LogP contribution in [0.1, 0.15) is 30.1 Å². The van der Waals surface area contributed by atoms with Gasteiger partial charge in [0.2, 0.25) is 0 Å². The summed E-state index contributed by atoms with van der Waals surface area (Å²) >= 11 is 3.46. The van der Waals surface area contributed by atoms with Gasteiger partial charge in [0.25, 0.3) is 11.8 Å². The van der Waals surface area contributed by atoms with Gasteiger partial charge in [0.15, 0.2) is 11.5 Å². The van der Waals surface area contributed by atoms with Gasteiger partial charge in [-0.2, -0.15) is 0 Å². The molecule has 2 saturated heterocycles. The molecule has 1 aromatic rings. The number of nitrogens with zero attached hydrogens (tertiary/aromatic N) is 2. The van der Waals surface area contributed by atoms with Crippen molar-refractivity contribution in [3.63, 3.8) is 0 Å². The molecular formula is C19H25BrN2O5. The lowest BCUT2D eigenvalue weighted by molar-refractivity contribution is -0.142. The van der Waals surface area contributed by atoms with Crippen molar-refractivity contribution in [3.05, 3.63) is 22.2 Å². The quantitative estimate of drug-likeness (QED) is 0.702. The van der Waals surface area contributed by atoms with Crippen molar-refractivity contribution in [2.24, 2.45) is 0 Å². The number of benzene rings is 1. The fraction of sp³-hybridized carbons (Fsp3) is 0.579. The van der Waals surface area contributed by atoms with Crippen LogP contribution in [0.25, 0.3) is 0 Å². The minimum atomic E-state index is -0.307. The largest absolute Gasteiger partial charge is 0.493 e. The van der Waals surface area contributed by atoms with E-state index in [1.807, 2.05) is 6.92 Å². The normalized spacial score (nSPS) is 19.9. The second-order valence-corrected chi connectivity index (χ2v) is 7.40. The molecular weight excluding hydrogens is 416 g/mol. The molecule has 0 saturated carbocycles. The molecule has 0 aromatic heterocycles. The number of amides is 2. The molecule has 0 spiro atoms. The summed E-state index contributed by atoms with van der Waals surface area (Å²) in [4.78, 5) is 28.9. The maximum absolute atomic E-state index is 12.9. The van der Waals surface area contributed by atoms with Gasteiger partial charge in [-0.3, -0.25) is 9.59 Å². The van der Waals surface area contributed by atoms with Crippen molar-refractivity contribution in [1.82, 2.24) is 9.80 Å². The van der Waals surface area contributed by atoms with E-state index in [2.05, 4.69) is 15.9 Å². The molecule has 2 amide bonds. The van der Waals surface area contributed by atoms with Crippen LogP contribution in [0.15, 0.2) is 16.6 Å². The Morgan fingerprint density at radius 3 is 2.52 bits per heavy atom. The average Bonchev–Trinajstić information content (AvgIpc) is 3.23. The second-order valence-electron chi connectivity index (χ2n) is 6.54. The van der Waals surface area contributed by atoms with Gasteiger partial charge in [-0.05, 0) is 47.8 Å². The third-order valence-corrected chi connectivity index (χ3v) is 5.44. The average molecular weight is 441 g/mol. The Morgan fingerprint density at radius 2 is 1.93 bits per heavy atom. The van der Waals surface area contributed by atoms with Crippen molar-refractivity contribution in [1.29, 1.82) is 0 Å². The lowest BCUT2D eigenvalue weighted by Gasteiger charge is -2.35. The molecule has 0 radical (unpaired) electrons. The Bertz CT molecular complexity index is 698. The van der Waals surface area contributed by atoms with Crippen molar-refractivity contribution < 1.29 is 23.8 Å². The molecule has 2 heterocycles. The maximum Gasteiger partial charge on any atom is 0.254 e. The number of rotatable bonds is 5. The fourth-order valence-electron chi connectivity index (χ4n) is 3.42. The van der Waals surface area contributed by atoms with E-state index in [-0.39, 0.29) is 17.9 Å². The lowest BCUT2D eigenvalue weighted by Crippen LogP contribution is -2.52.